The van der Waals surface area contributed by atoms with Gasteiger partial charge in [-0.1, -0.05) is 71.5 Å². The molecule has 0 saturated heterocycles. The lowest BCUT2D eigenvalue weighted by Gasteiger charge is -2.20. The maximum atomic E-state index is 13.3. The van der Waals surface area contributed by atoms with Crippen LogP contribution >= 0.6 is 11.3 Å². The molecule has 0 fully saturated rings. The molecule has 0 saturated carbocycles. The normalized spacial score (nSPS) is 10.8. The summed E-state index contributed by atoms with van der Waals surface area (Å²) in [7, 11) is 1.65. The molecule has 0 bridgehead atoms. The van der Waals surface area contributed by atoms with Gasteiger partial charge in [0.05, 0.1) is 30.3 Å². The fourth-order valence-corrected chi connectivity index (χ4v) is 4.27. The Morgan fingerprint density at radius 3 is 2.55 bits per heavy atom. The Morgan fingerprint density at radius 1 is 1.00 bits per heavy atom. The van der Waals surface area contributed by atoms with Gasteiger partial charge in [0, 0.05) is 0 Å². The number of anilines is 1. The highest BCUT2D eigenvalue weighted by molar-refractivity contribution is 7.22. The van der Waals surface area contributed by atoms with Crippen molar-refractivity contribution in [2.75, 3.05) is 12.0 Å². The minimum atomic E-state index is 0.0328. The molecule has 0 aliphatic rings. The number of methoxy groups -OCH3 is 1. The van der Waals surface area contributed by atoms with E-state index in [1.165, 1.54) is 11.3 Å². The molecule has 3 aromatic carbocycles. The van der Waals surface area contributed by atoms with Crippen LogP contribution in [0.15, 0.2) is 72.8 Å². The van der Waals surface area contributed by atoms with E-state index < -0.39 is 0 Å². The van der Waals surface area contributed by atoms with Crippen LogP contribution in [0.5, 0.6) is 5.75 Å². The first kappa shape index (κ1) is 19.2. The second-order valence-corrected chi connectivity index (χ2v) is 7.97. The van der Waals surface area contributed by atoms with Crippen molar-refractivity contribution >= 4 is 32.6 Å². The van der Waals surface area contributed by atoms with E-state index in [1.807, 2.05) is 73.7 Å². The van der Waals surface area contributed by atoms with Crippen LogP contribution in [0.3, 0.4) is 0 Å². The molecule has 1 amide bonds. The SMILES string of the molecule is COc1ccc2nc(N(Cc3ccccc3)C(=O)Cc3cccc(C)c3)sc2c1. The summed E-state index contributed by atoms with van der Waals surface area (Å²) in [6.07, 6.45) is 0.341. The Kier molecular flexibility index (Phi) is 5.58. The Hall–Kier alpha value is -3.18. The number of carbonyl (C=O) groups is 1. The Balaban J connectivity index is 1.68. The van der Waals surface area contributed by atoms with Gasteiger partial charge in [-0.15, -0.1) is 0 Å². The number of benzene rings is 3. The summed E-state index contributed by atoms with van der Waals surface area (Å²) in [5.41, 5.74) is 4.10. The van der Waals surface area contributed by atoms with Crippen LogP contribution in [-0.4, -0.2) is 18.0 Å². The fraction of sp³-hybridized carbons (Fsp3) is 0.167. The van der Waals surface area contributed by atoms with Gasteiger partial charge in [-0.05, 0) is 36.2 Å². The maximum absolute atomic E-state index is 13.3. The monoisotopic (exact) mass is 402 g/mol. The summed E-state index contributed by atoms with van der Waals surface area (Å²) < 4.78 is 6.32. The van der Waals surface area contributed by atoms with Crippen molar-refractivity contribution in [3.63, 3.8) is 0 Å². The number of nitrogens with zero attached hydrogens (tertiary/aromatic N) is 2. The zero-order valence-electron chi connectivity index (χ0n) is 16.5. The molecule has 4 aromatic rings. The van der Waals surface area contributed by atoms with Crippen LogP contribution in [0.1, 0.15) is 16.7 Å². The highest BCUT2D eigenvalue weighted by Crippen LogP contribution is 2.32. The number of hydrogen-bond donors (Lipinski definition) is 0. The number of hydrogen-bond acceptors (Lipinski definition) is 4. The standard InChI is InChI=1S/C24H22N2O2S/c1-17-7-6-10-19(13-17)14-23(27)26(16-18-8-4-3-5-9-18)24-25-21-12-11-20(28-2)15-22(21)29-24/h3-13,15H,14,16H2,1-2H3. The van der Waals surface area contributed by atoms with E-state index in [0.29, 0.717) is 18.1 Å². The molecule has 146 valence electrons. The average Bonchev–Trinajstić information content (AvgIpc) is 3.15. The summed E-state index contributed by atoms with van der Waals surface area (Å²) in [4.78, 5) is 19.8. The van der Waals surface area contributed by atoms with Crippen LogP contribution in [0.2, 0.25) is 0 Å². The minimum absolute atomic E-state index is 0.0328. The summed E-state index contributed by atoms with van der Waals surface area (Å²) in [6.45, 7) is 2.53. The third-order valence-corrected chi connectivity index (χ3v) is 5.78. The predicted molar refractivity (Wildman–Crippen MR) is 119 cm³/mol. The Bertz CT molecular complexity index is 1140. The molecule has 1 heterocycles. The van der Waals surface area contributed by atoms with Gasteiger partial charge in [-0.2, -0.15) is 0 Å². The molecule has 1 aromatic heterocycles. The van der Waals surface area contributed by atoms with Gasteiger partial charge in [-0.3, -0.25) is 9.69 Å². The second-order valence-electron chi connectivity index (χ2n) is 6.96. The van der Waals surface area contributed by atoms with Gasteiger partial charge in [0.1, 0.15) is 5.75 Å². The summed E-state index contributed by atoms with van der Waals surface area (Å²) in [5, 5.41) is 0.703. The molecule has 0 N–H and O–H groups in total. The van der Waals surface area contributed by atoms with Crippen molar-refractivity contribution < 1.29 is 9.53 Å². The number of carbonyl (C=O) groups excluding carboxylic acids is 1. The van der Waals surface area contributed by atoms with E-state index in [2.05, 4.69) is 6.07 Å². The number of thiazole rings is 1. The van der Waals surface area contributed by atoms with Crippen LogP contribution in [0, 0.1) is 6.92 Å². The van der Waals surface area contributed by atoms with Crippen LogP contribution < -0.4 is 9.64 Å². The molecule has 0 unspecified atom stereocenters. The van der Waals surface area contributed by atoms with Crippen molar-refractivity contribution in [2.45, 2.75) is 19.9 Å². The third-order valence-electron chi connectivity index (χ3n) is 4.74. The molecular formula is C24H22N2O2S. The Morgan fingerprint density at radius 2 is 1.79 bits per heavy atom. The number of aryl methyl sites for hydroxylation is 1. The van der Waals surface area contributed by atoms with Gasteiger partial charge < -0.3 is 4.74 Å². The third kappa shape index (κ3) is 4.46. The molecule has 5 heteroatoms. The van der Waals surface area contributed by atoms with Gasteiger partial charge >= 0.3 is 0 Å². The van der Waals surface area contributed by atoms with Crippen molar-refractivity contribution in [3.8, 4) is 5.75 Å². The second kappa shape index (κ2) is 8.45. The molecular weight excluding hydrogens is 380 g/mol. The fourth-order valence-electron chi connectivity index (χ4n) is 3.26. The number of rotatable bonds is 6. The summed E-state index contributed by atoms with van der Waals surface area (Å²) >= 11 is 1.51. The van der Waals surface area contributed by atoms with E-state index in [4.69, 9.17) is 9.72 Å². The van der Waals surface area contributed by atoms with Crippen molar-refractivity contribution in [2.24, 2.45) is 0 Å². The van der Waals surface area contributed by atoms with E-state index >= 15 is 0 Å². The first-order valence-electron chi connectivity index (χ1n) is 9.47. The van der Waals surface area contributed by atoms with Crippen molar-refractivity contribution in [1.82, 2.24) is 4.98 Å². The van der Waals surface area contributed by atoms with Gasteiger partial charge in [0.25, 0.3) is 0 Å². The zero-order valence-corrected chi connectivity index (χ0v) is 17.3. The van der Waals surface area contributed by atoms with E-state index in [1.54, 1.807) is 12.0 Å². The van der Waals surface area contributed by atoms with Gasteiger partial charge in [0.2, 0.25) is 5.91 Å². The number of amides is 1. The van der Waals surface area contributed by atoms with E-state index in [0.717, 1.165) is 32.7 Å². The molecule has 29 heavy (non-hydrogen) atoms. The predicted octanol–water partition coefficient (Wildman–Crippen LogP) is 5.39. The smallest absolute Gasteiger partial charge is 0.233 e. The average molecular weight is 403 g/mol. The van der Waals surface area contributed by atoms with E-state index in [-0.39, 0.29) is 5.91 Å². The van der Waals surface area contributed by atoms with Crippen molar-refractivity contribution in [1.29, 1.82) is 0 Å². The molecule has 0 spiro atoms. The molecule has 4 nitrogen and oxygen atoms in total. The Labute approximate surface area is 174 Å². The first-order chi connectivity index (χ1) is 14.1. The lowest BCUT2D eigenvalue weighted by Crippen LogP contribution is -2.31. The molecule has 4 rings (SSSR count). The summed E-state index contributed by atoms with van der Waals surface area (Å²) in [5.74, 6) is 0.818. The molecule has 0 aliphatic carbocycles. The van der Waals surface area contributed by atoms with Crippen LogP contribution in [0.25, 0.3) is 10.2 Å². The molecule has 0 aliphatic heterocycles. The topological polar surface area (TPSA) is 42.4 Å². The first-order valence-corrected chi connectivity index (χ1v) is 10.3. The quantitative estimate of drug-likeness (QED) is 0.434. The van der Waals surface area contributed by atoms with E-state index in [9.17, 15) is 4.79 Å². The lowest BCUT2D eigenvalue weighted by atomic mass is 10.1. The lowest BCUT2D eigenvalue weighted by molar-refractivity contribution is -0.118. The van der Waals surface area contributed by atoms with Crippen molar-refractivity contribution in [3.05, 3.63) is 89.5 Å². The minimum Gasteiger partial charge on any atom is -0.497 e. The number of fused-ring (bicyclic) bond motifs is 1. The van der Waals surface area contributed by atoms with Gasteiger partial charge in [-0.25, -0.2) is 4.98 Å². The zero-order chi connectivity index (χ0) is 20.2. The largest absolute Gasteiger partial charge is 0.497 e. The van der Waals surface area contributed by atoms with Crippen LogP contribution in [0.4, 0.5) is 5.13 Å². The number of aromatic nitrogens is 1. The maximum Gasteiger partial charge on any atom is 0.233 e. The molecule has 0 radical (unpaired) electrons. The van der Waals surface area contributed by atoms with Gasteiger partial charge in [0.15, 0.2) is 5.13 Å². The summed E-state index contributed by atoms with van der Waals surface area (Å²) in [6, 6.07) is 23.9. The van der Waals surface area contributed by atoms with Crippen LogP contribution in [-0.2, 0) is 17.8 Å². The number of ether oxygens (including phenoxy) is 1. The molecule has 0 atom stereocenters. The highest BCUT2D eigenvalue weighted by Gasteiger charge is 2.21. The highest BCUT2D eigenvalue weighted by atomic mass is 32.1.